The Kier molecular flexibility index (Phi) is 4.55. The average molecular weight is 236 g/mol. The van der Waals surface area contributed by atoms with Crippen molar-refractivity contribution in [3.8, 4) is 0 Å². The molecule has 2 heterocycles. The van der Waals surface area contributed by atoms with Gasteiger partial charge in [0.05, 0.1) is 0 Å². The van der Waals surface area contributed by atoms with E-state index in [1.807, 2.05) is 12.3 Å². The standard InChI is InChI=1S/C12H20N4O/c17-12(5-10-16-9-2-7-15-16)14-8-4-11-3-1-6-13-11/h2,7,9,11,13H,1,3-6,8,10H2,(H,14,17)/t11-/m0/s1. The van der Waals surface area contributed by atoms with Gasteiger partial charge in [-0.2, -0.15) is 5.10 Å². The van der Waals surface area contributed by atoms with Gasteiger partial charge >= 0.3 is 0 Å². The highest BCUT2D eigenvalue weighted by molar-refractivity contribution is 5.75. The van der Waals surface area contributed by atoms with Crippen LogP contribution in [0.5, 0.6) is 0 Å². The summed E-state index contributed by atoms with van der Waals surface area (Å²) in [6.45, 7) is 2.55. The van der Waals surface area contributed by atoms with E-state index >= 15 is 0 Å². The summed E-state index contributed by atoms with van der Waals surface area (Å²) < 4.78 is 1.78. The van der Waals surface area contributed by atoms with Gasteiger partial charge in [0.2, 0.25) is 5.91 Å². The van der Waals surface area contributed by atoms with E-state index in [-0.39, 0.29) is 5.91 Å². The maximum atomic E-state index is 11.5. The summed E-state index contributed by atoms with van der Waals surface area (Å²) in [4.78, 5) is 11.5. The first kappa shape index (κ1) is 12.1. The number of carbonyl (C=O) groups excluding carboxylic acids is 1. The molecule has 2 rings (SSSR count). The van der Waals surface area contributed by atoms with Gasteiger partial charge in [-0.05, 0) is 31.9 Å². The largest absolute Gasteiger partial charge is 0.356 e. The van der Waals surface area contributed by atoms with Gasteiger partial charge in [0.15, 0.2) is 0 Å². The molecule has 2 N–H and O–H groups in total. The van der Waals surface area contributed by atoms with Gasteiger partial charge in [-0.15, -0.1) is 0 Å². The number of hydrogen-bond acceptors (Lipinski definition) is 3. The molecular weight excluding hydrogens is 216 g/mol. The van der Waals surface area contributed by atoms with Crippen molar-refractivity contribution >= 4 is 5.91 Å². The monoisotopic (exact) mass is 236 g/mol. The highest BCUT2D eigenvalue weighted by Gasteiger charge is 2.13. The molecule has 1 atom stereocenters. The quantitative estimate of drug-likeness (QED) is 0.757. The molecule has 1 aromatic rings. The van der Waals surface area contributed by atoms with Gasteiger partial charge in [-0.1, -0.05) is 0 Å². The van der Waals surface area contributed by atoms with E-state index in [0.29, 0.717) is 19.0 Å². The van der Waals surface area contributed by atoms with Crippen molar-refractivity contribution in [2.24, 2.45) is 0 Å². The van der Waals surface area contributed by atoms with Crippen LogP contribution in [0.25, 0.3) is 0 Å². The lowest BCUT2D eigenvalue weighted by Crippen LogP contribution is -2.31. The molecule has 1 amide bonds. The molecule has 1 aromatic heterocycles. The topological polar surface area (TPSA) is 59.0 Å². The number of carbonyl (C=O) groups is 1. The second-order valence-corrected chi connectivity index (χ2v) is 4.45. The minimum Gasteiger partial charge on any atom is -0.356 e. The predicted molar refractivity (Wildman–Crippen MR) is 65.5 cm³/mol. The van der Waals surface area contributed by atoms with E-state index in [1.165, 1.54) is 12.8 Å². The van der Waals surface area contributed by atoms with E-state index in [2.05, 4.69) is 15.7 Å². The second kappa shape index (κ2) is 6.39. The van der Waals surface area contributed by atoms with Gasteiger partial charge in [0.25, 0.3) is 0 Å². The van der Waals surface area contributed by atoms with Crippen molar-refractivity contribution in [3.63, 3.8) is 0 Å². The molecular formula is C12H20N4O. The average Bonchev–Trinajstić information content (AvgIpc) is 2.99. The van der Waals surface area contributed by atoms with E-state index in [0.717, 1.165) is 19.5 Å². The van der Waals surface area contributed by atoms with Crippen molar-refractivity contribution < 1.29 is 4.79 Å². The minimum absolute atomic E-state index is 0.110. The summed E-state index contributed by atoms with van der Waals surface area (Å²) in [5.41, 5.74) is 0. The number of amides is 1. The molecule has 1 saturated heterocycles. The molecule has 0 unspecified atom stereocenters. The van der Waals surface area contributed by atoms with E-state index in [4.69, 9.17) is 0 Å². The number of aryl methyl sites for hydroxylation is 1. The number of rotatable bonds is 6. The second-order valence-electron chi connectivity index (χ2n) is 4.45. The van der Waals surface area contributed by atoms with Gasteiger partial charge in [0.1, 0.15) is 0 Å². The lowest BCUT2D eigenvalue weighted by molar-refractivity contribution is -0.121. The Morgan fingerprint density at radius 2 is 2.53 bits per heavy atom. The zero-order chi connectivity index (χ0) is 11.9. The zero-order valence-electron chi connectivity index (χ0n) is 10.1. The maximum absolute atomic E-state index is 11.5. The first-order valence-corrected chi connectivity index (χ1v) is 6.32. The van der Waals surface area contributed by atoms with Crippen molar-refractivity contribution in [1.82, 2.24) is 20.4 Å². The third-order valence-corrected chi connectivity index (χ3v) is 3.10. The summed E-state index contributed by atoms with van der Waals surface area (Å²) in [5, 5.41) is 10.4. The van der Waals surface area contributed by atoms with Crippen LogP contribution in [0.15, 0.2) is 18.5 Å². The number of nitrogens with zero attached hydrogens (tertiary/aromatic N) is 2. The number of hydrogen-bond donors (Lipinski definition) is 2. The molecule has 0 aromatic carbocycles. The Morgan fingerprint density at radius 1 is 1.59 bits per heavy atom. The minimum atomic E-state index is 0.110. The maximum Gasteiger partial charge on any atom is 0.221 e. The Morgan fingerprint density at radius 3 is 3.24 bits per heavy atom. The van der Waals surface area contributed by atoms with Gasteiger partial charge < -0.3 is 10.6 Å². The molecule has 94 valence electrons. The van der Waals surface area contributed by atoms with Crippen molar-refractivity contribution in [3.05, 3.63) is 18.5 Å². The molecule has 1 aliphatic heterocycles. The third-order valence-electron chi connectivity index (χ3n) is 3.10. The van der Waals surface area contributed by atoms with Crippen LogP contribution < -0.4 is 10.6 Å². The van der Waals surface area contributed by atoms with Crippen molar-refractivity contribution in [1.29, 1.82) is 0 Å². The summed E-state index contributed by atoms with van der Waals surface area (Å²) in [6, 6.07) is 2.46. The Hall–Kier alpha value is -1.36. The van der Waals surface area contributed by atoms with Gasteiger partial charge in [-0.25, -0.2) is 0 Å². The Labute approximate surface area is 102 Å². The Bertz CT molecular complexity index is 330. The van der Waals surface area contributed by atoms with Crippen LogP contribution in [0.3, 0.4) is 0 Å². The summed E-state index contributed by atoms with van der Waals surface area (Å²) in [7, 11) is 0. The number of aromatic nitrogens is 2. The summed E-state index contributed by atoms with van der Waals surface area (Å²) >= 11 is 0. The molecule has 1 fully saturated rings. The van der Waals surface area contributed by atoms with E-state index in [9.17, 15) is 4.79 Å². The van der Waals surface area contributed by atoms with Gasteiger partial charge in [-0.3, -0.25) is 9.48 Å². The van der Waals surface area contributed by atoms with E-state index < -0.39 is 0 Å². The normalized spacial score (nSPS) is 19.4. The Balaban J connectivity index is 1.54. The molecule has 0 saturated carbocycles. The molecule has 1 aliphatic rings. The van der Waals surface area contributed by atoms with Crippen LogP contribution in [-0.4, -0.2) is 34.8 Å². The molecule has 0 aliphatic carbocycles. The van der Waals surface area contributed by atoms with Crippen molar-refractivity contribution in [2.75, 3.05) is 13.1 Å². The highest BCUT2D eigenvalue weighted by atomic mass is 16.1. The van der Waals surface area contributed by atoms with Crippen LogP contribution in [0, 0.1) is 0 Å². The van der Waals surface area contributed by atoms with Crippen LogP contribution in [0.2, 0.25) is 0 Å². The fourth-order valence-electron chi connectivity index (χ4n) is 2.13. The molecule has 5 nitrogen and oxygen atoms in total. The smallest absolute Gasteiger partial charge is 0.221 e. The van der Waals surface area contributed by atoms with Crippen LogP contribution >= 0.6 is 0 Å². The summed E-state index contributed by atoms with van der Waals surface area (Å²) in [5.74, 6) is 0.110. The van der Waals surface area contributed by atoms with Gasteiger partial charge in [0, 0.05) is 37.9 Å². The lowest BCUT2D eigenvalue weighted by atomic mass is 10.1. The fraction of sp³-hybridized carbons (Fsp3) is 0.667. The first-order valence-electron chi connectivity index (χ1n) is 6.32. The molecule has 0 spiro atoms. The predicted octanol–water partition coefficient (Wildman–Crippen LogP) is 0.531. The number of nitrogens with one attached hydrogen (secondary N) is 2. The highest BCUT2D eigenvalue weighted by Crippen LogP contribution is 2.07. The molecule has 0 radical (unpaired) electrons. The lowest BCUT2D eigenvalue weighted by Gasteiger charge is -2.10. The zero-order valence-corrected chi connectivity index (χ0v) is 10.1. The van der Waals surface area contributed by atoms with E-state index in [1.54, 1.807) is 10.9 Å². The summed E-state index contributed by atoms with van der Waals surface area (Å²) in [6.07, 6.45) is 7.63. The fourth-order valence-corrected chi connectivity index (χ4v) is 2.13. The SMILES string of the molecule is O=C(CCn1cccn1)NCC[C@@H]1CCCN1. The van der Waals surface area contributed by atoms with Crippen molar-refractivity contribution in [2.45, 2.75) is 38.3 Å². The third kappa shape index (κ3) is 4.19. The van der Waals surface area contributed by atoms with Crippen LogP contribution in [0.4, 0.5) is 0 Å². The van der Waals surface area contributed by atoms with Crippen LogP contribution in [-0.2, 0) is 11.3 Å². The molecule has 17 heavy (non-hydrogen) atoms. The molecule has 5 heteroatoms. The first-order chi connectivity index (χ1) is 8.34. The molecule has 0 bridgehead atoms. The van der Waals surface area contributed by atoms with Crippen LogP contribution in [0.1, 0.15) is 25.7 Å².